The standard InChI is InChI=1S/C25H35N3O3/c1-5-26-25(27-18-21-14-16-31-24(21)20-9-7-6-8-10-20)28(2)15-13-19-11-12-22(29-3)23(17-19)30-4/h6-12,17,21,24H,5,13-16,18H2,1-4H3,(H,26,27). The minimum Gasteiger partial charge on any atom is -0.493 e. The minimum atomic E-state index is 0.130. The van der Waals surface area contributed by atoms with E-state index in [2.05, 4.69) is 54.5 Å². The number of nitrogens with one attached hydrogen (secondary N) is 1. The molecule has 1 saturated heterocycles. The van der Waals surface area contributed by atoms with Gasteiger partial charge >= 0.3 is 0 Å². The summed E-state index contributed by atoms with van der Waals surface area (Å²) >= 11 is 0. The number of ether oxygens (including phenoxy) is 3. The summed E-state index contributed by atoms with van der Waals surface area (Å²) in [6.45, 7) is 5.34. The van der Waals surface area contributed by atoms with Gasteiger partial charge in [-0.25, -0.2) is 0 Å². The zero-order valence-corrected chi connectivity index (χ0v) is 19.1. The van der Waals surface area contributed by atoms with Crippen molar-refractivity contribution in [2.75, 3.05) is 47.5 Å². The molecule has 0 aromatic heterocycles. The van der Waals surface area contributed by atoms with Crippen LogP contribution in [0.3, 0.4) is 0 Å². The third-order valence-electron chi connectivity index (χ3n) is 5.70. The summed E-state index contributed by atoms with van der Waals surface area (Å²) in [5.41, 5.74) is 2.45. The maximum atomic E-state index is 6.03. The van der Waals surface area contributed by atoms with Crippen molar-refractivity contribution >= 4 is 5.96 Å². The van der Waals surface area contributed by atoms with Gasteiger partial charge in [-0.3, -0.25) is 4.99 Å². The van der Waals surface area contributed by atoms with Crippen molar-refractivity contribution in [3.05, 3.63) is 59.7 Å². The molecule has 31 heavy (non-hydrogen) atoms. The molecule has 2 aromatic carbocycles. The highest BCUT2D eigenvalue weighted by molar-refractivity contribution is 5.79. The van der Waals surface area contributed by atoms with Crippen LogP contribution in [0.25, 0.3) is 0 Å². The average molecular weight is 426 g/mol. The van der Waals surface area contributed by atoms with E-state index in [1.807, 2.05) is 18.2 Å². The monoisotopic (exact) mass is 425 g/mol. The molecule has 2 atom stereocenters. The van der Waals surface area contributed by atoms with Crippen molar-refractivity contribution < 1.29 is 14.2 Å². The summed E-state index contributed by atoms with van der Waals surface area (Å²) in [5, 5.41) is 3.43. The maximum absolute atomic E-state index is 6.03. The average Bonchev–Trinajstić information content (AvgIpc) is 3.29. The molecule has 0 bridgehead atoms. The van der Waals surface area contributed by atoms with Crippen LogP contribution in [0.1, 0.15) is 30.6 Å². The Morgan fingerprint density at radius 3 is 2.61 bits per heavy atom. The normalized spacial score (nSPS) is 18.6. The zero-order chi connectivity index (χ0) is 22.1. The van der Waals surface area contributed by atoms with Crippen molar-refractivity contribution in [1.29, 1.82) is 0 Å². The molecule has 2 unspecified atom stereocenters. The molecule has 1 aliphatic heterocycles. The quantitative estimate of drug-likeness (QED) is 0.487. The molecule has 1 N–H and O–H groups in total. The topological polar surface area (TPSA) is 55.3 Å². The summed E-state index contributed by atoms with van der Waals surface area (Å²) in [4.78, 5) is 7.14. The SMILES string of the molecule is CCNC(=NCC1CCOC1c1ccccc1)N(C)CCc1ccc(OC)c(OC)c1. The molecule has 168 valence electrons. The highest BCUT2D eigenvalue weighted by Crippen LogP contribution is 2.34. The van der Waals surface area contributed by atoms with E-state index in [9.17, 15) is 0 Å². The van der Waals surface area contributed by atoms with Gasteiger partial charge in [0.1, 0.15) is 0 Å². The van der Waals surface area contributed by atoms with E-state index in [-0.39, 0.29) is 6.10 Å². The van der Waals surface area contributed by atoms with Crippen LogP contribution >= 0.6 is 0 Å². The molecule has 0 spiro atoms. The van der Waals surface area contributed by atoms with Gasteiger partial charge in [-0.05, 0) is 43.0 Å². The highest BCUT2D eigenvalue weighted by atomic mass is 16.5. The molecule has 1 fully saturated rings. The Bertz CT molecular complexity index is 841. The van der Waals surface area contributed by atoms with E-state index in [0.29, 0.717) is 5.92 Å². The summed E-state index contributed by atoms with van der Waals surface area (Å²) in [6, 6.07) is 16.6. The predicted molar refractivity (Wildman–Crippen MR) is 125 cm³/mol. The summed E-state index contributed by atoms with van der Waals surface area (Å²) in [6.07, 6.45) is 2.06. The van der Waals surface area contributed by atoms with Gasteiger partial charge in [0.05, 0.1) is 20.3 Å². The maximum Gasteiger partial charge on any atom is 0.193 e. The number of guanidine groups is 1. The number of hydrogen-bond acceptors (Lipinski definition) is 4. The van der Waals surface area contributed by atoms with Gasteiger partial charge < -0.3 is 24.4 Å². The molecule has 3 rings (SSSR count). The zero-order valence-electron chi connectivity index (χ0n) is 19.1. The molecule has 0 amide bonds. The van der Waals surface area contributed by atoms with Crippen LogP contribution in [0, 0.1) is 5.92 Å². The van der Waals surface area contributed by atoms with E-state index in [0.717, 1.165) is 56.5 Å². The lowest BCUT2D eigenvalue weighted by atomic mass is 9.95. The van der Waals surface area contributed by atoms with Crippen LogP contribution in [-0.2, 0) is 11.2 Å². The van der Waals surface area contributed by atoms with E-state index in [4.69, 9.17) is 19.2 Å². The Hall–Kier alpha value is -2.73. The molecule has 0 aliphatic carbocycles. The third kappa shape index (κ3) is 6.14. The van der Waals surface area contributed by atoms with Crippen LogP contribution < -0.4 is 14.8 Å². The largest absolute Gasteiger partial charge is 0.493 e. The number of methoxy groups -OCH3 is 2. The second kappa shape index (κ2) is 11.6. The number of nitrogens with zero attached hydrogens (tertiary/aromatic N) is 2. The number of hydrogen-bond donors (Lipinski definition) is 1. The Morgan fingerprint density at radius 2 is 1.90 bits per heavy atom. The molecular formula is C25H35N3O3. The van der Waals surface area contributed by atoms with Gasteiger partial charge in [-0.2, -0.15) is 0 Å². The van der Waals surface area contributed by atoms with Crippen LogP contribution in [0.4, 0.5) is 0 Å². The first-order valence-electron chi connectivity index (χ1n) is 11.0. The van der Waals surface area contributed by atoms with Crippen molar-refractivity contribution in [2.24, 2.45) is 10.9 Å². The first-order valence-corrected chi connectivity index (χ1v) is 11.0. The lowest BCUT2D eigenvalue weighted by molar-refractivity contribution is 0.0925. The molecule has 1 heterocycles. The summed E-state index contributed by atoms with van der Waals surface area (Å²) in [5.74, 6) is 2.84. The molecule has 0 saturated carbocycles. The van der Waals surface area contributed by atoms with Crippen molar-refractivity contribution in [2.45, 2.75) is 25.9 Å². The molecule has 2 aromatic rings. The van der Waals surface area contributed by atoms with Gasteiger partial charge in [0.25, 0.3) is 0 Å². The summed E-state index contributed by atoms with van der Waals surface area (Å²) < 4.78 is 16.8. The fourth-order valence-electron chi connectivity index (χ4n) is 3.94. The van der Waals surface area contributed by atoms with Crippen LogP contribution in [0.15, 0.2) is 53.5 Å². The van der Waals surface area contributed by atoms with E-state index in [1.54, 1.807) is 14.2 Å². The number of likely N-dealkylation sites (N-methyl/N-ethyl adjacent to an activating group) is 1. The van der Waals surface area contributed by atoms with Gasteiger partial charge in [0.15, 0.2) is 17.5 Å². The Kier molecular flexibility index (Phi) is 8.59. The second-order valence-corrected chi connectivity index (χ2v) is 7.81. The van der Waals surface area contributed by atoms with Crippen LogP contribution in [0.2, 0.25) is 0 Å². The van der Waals surface area contributed by atoms with Gasteiger partial charge in [0.2, 0.25) is 0 Å². The first kappa shape index (κ1) is 22.9. The fourth-order valence-corrected chi connectivity index (χ4v) is 3.94. The van der Waals surface area contributed by atoms with Gasteiger partial charge in [0, 0.05) is 39.2 Å². The molecule has 1 aliphatic rings. The lowest BCUT2D eigenvalue weighted by Gasteiger charge is -2.24. The Balaban J connectivity index is 1.62. The molecule has 6 nitrogen and oxygen atoms in total. The Labute approximate surface area is 186 Å². The highest BCUT2D eigenvalue weighted by Gasteiger charge is 2.29. The predicted octanol–water partition coefficient (Wildman–Crippen LogP) is 3.92. The second-order valence-electron chi connectivity index (χ2n) is 7.81. The number of aliphatic imine (C=N–C) groups is 1. The third-order valence-corrected chi connectivity index (χ3v) is 5.70. The minimum absolute atomic E-state index is 0.130. The number of benzene rings is 2. The van der Waals surface area contributed by atoms with E-state index >= 15 is 0 Å². The van der Waals surface area contributed by atoms with E-state index in [1.165, 1.54) is 11.1 Å². The van der Waals surface area contributed by atoms with Crippen LogP contribution in [0.5, 0.6) is 11.5 Å². The smallest absolute Gasteiger partial charge is 0.193 e. The number of rotatable bonds is 9. The van der Waals surface area contributed by atoms with E-state index < -0.39 is 0 Å². The Morgan fingerprint density at radius 1 is 1.13 bits per heavy atom. The first-order chi connectivity index (χ1) is 15.2. The summed E-state index contributed by atoms with van der Waals surface area (Å²) in [7, 11) is 5.41. The molecule has 0 radical (unpaired) electrons. The van der Waals surface area contributed by atoms with Crippen molar-refractivity contribution in [3.63, 3.8) is 0 Å². The molecular weight excluding hydrogens is 390 g/mol. The van der Waals surface area contributed by atoms with Gasteiger partial charge in [-0.15, -0.1) is 0 Å². The van der Waals surface area contributed by atoms with Crippen LogP contribution in [-0.4, -0.2) is 58.4 Å². The van der Waals surface area contributed by atoms with Gasteiger partial charge in [-0.1, -0.05) is 36.4 Å². The fraction of sp³-hybridized carbons (Fsp3) is 0.480. The van der Waals surface area contributed by atoms with Crippen molar-refractivity contribution in [1.82, 2.24) is 10.2 Å². The van der Waals surface area contributed by atoms with Crippen molar-refractivity contribution in [3.8, 4) is 11.5 Å². The molecule has 6 heteroatoms. The lowest BCUT2D eigenvalue weighted by Crippen LogP contribution is -2.40.